The van der Waals surface area contributed by atoms with Crippen molar-refractivity contribution in [3.05, 3.63) is 64.3 Å². The van der Waals surface area contributed by atoms with Crippen LogP contribution >= 0.6 is 23.1 Å². The molecule has 0 aliphatic carbocycles. The van der Waals surface area contributed by atoms with E-state index in [1.54, 1.807) is 28.4 Å². The molecule has 0 unspecified atom stereocenters. The number of amidine groups is 1. The van der Waals surface area contributed by atoms with Gasteiger partial charge in [-0.3, -0.25) is 9.69 Å². The molecule has 1 aliphatic heterocycles. The van der Waals surface area contributed by atoms with Gasteiger partial charge in [-0.2, -0.15) is 0 Å². The van der Waals surface area contributed by atoms with Crippen LogP contribution in [-0.2, 0) is 4.79 Å². The highest BCUT2D eigenvalue weighted by atomic mass is 32.2. The molecule has 3 aromatic rings. The maximum Gasteiger partial charge on any atom is 0.266 e. The highest BCUT2D eigenvalue weighted by Gasteiger charge is 2.33. The molecule has 142 valence electrons. The molecule has 1 amide bonds. The molecule has 0 saturated carbocycles. The van der Waals surface area contributed by atoms with Gasteiger partial charge in [0.05, 0.1) is 26.3 Å². The monoisotopic (exact) mass is 411 g/mol. The van der Waals surface area contributed by atoms with Crippen LogP contribution in [0.4, 0.5) is 10.1 Å². The molecule has 1 saturated heterocycles. The Labute approximate surface area is 170 Å². The number of benzene rings is 2. The largest absolute Gasteiger partial charge is 0.286 e. The number of hydrogen-bond donors (Lipinski definition) is 0. The molecule has 7 heteroatoms. The zero-order chi connectivity index (χ0) is 19.7. The molecule has 1 aliphatic rings. The van der Waals surface area contributed by atoms with Gasteiger partial charge in [0.1, 0.15) is 5.82 Å². The quantitative estimate of drug-likeness (QED) is 0.518. The molecule has 0 bridgehead atoms. The Bertz CT molecular complexity index is 1090. The van der Waals surface area contributed by atoms with Crippen LogP contribution < -0.4 is 0 Å². The summed E-state index contributed by atoms with van der Waals surface area (Å²) in [5, 5.41) is 0.621. The maximum absolute atomic E-state index is 13.2. The third-order valence-corrected chi connectivity index (χ3v) is 5.94. The van der Waals surface area contributed by atoms with Crippen LogP contribution in [-0.4, -0.2) is 27.5 Å². The van der Waals surface area contributed by atoms with E-state index >= 15 is 0 Å². The van der Waals surface area contributed by atoms with Gasteiger partial charge in [-0.25, -0.2) is 14.4 Å². The molecule has 1 fully saturated rings. The standard InChI is InChI=1S/C21H18FN3OS2/c1-13(2)11-25-20(26)19(10-14-3-8-17-18(9-14)27-12-23-17)28-21(25)24-16-6-4-15(22)5-7-16/h3-10,12-13H,11H2,1-2H3. The Kier molecular flexibility index (Phi) is 5.28. The number of halogens is 1. The van der Waals surface area contributed by atoms with Gasteiger partial charge in [-0.15, -0.1) is 11.3 Å². The van der Waals surface area contributed by atoms with E-state index < -0.39 is 0 Å². The van der Waals surface area contributed by atoms with Crippen LogP contribution in [0, 0.1) is 11.7 Å². The SMILES string of the molecule is CC(C)CN1C(=O)C(=Cc2ccc3ncsc3c2)SC1=Nc1ccc(F)cc1. The number of amides is 1. The molecule has 4 nitrogen and oxygen atoms in total. The summed E-state index contributed by atoms with van der Waals surface area (Å²) in [7, 11) is 0. The Morgan fingerprint density at radius 2 is 2.00 bits per heavy atom. The normalized spacial score (nSPS) is 17.6. The first-order chi connectivity index (χ1) is 13.5. The van der Waals surface area contributed by atoms with E-state index in [1.165, 1.54) is 23.9 Å². The van der Waals surface area contributed by atoms with Crippen molar-refractivity contribution in [1.29, 1.82) is 0 Å². The minimum Gasteiger partial charge on any atom is -0.286 e. The van der Waals surface area contributed by atoms with Crippen molar-refractivity contribution in [2.45, 2.75) is 13.8 Å². The molecule has 2 heterocycles. The average Bonchev–Trinajstić information content (AvgIpc) is 3.23. The summed E-state index contributed by atoms with van der Waals surface area (Å²) in [6.07, 6.45) is 1.90. The second kappa shape index (κ2) is 7.85. The van der Waals surface area contributed by atoms with Crippen molar-refractivity contribution in [3.63, 3.8) is 0 Å². The first-order valence-electron chi connectivity index (χ1n) is 8.88. The third kappa shape index (κ3) is 4.00. The first kappa shape index (κ1) is 18.8. The maximum atomic E-state index is 13.2. The van der Waals surface area contributed by atoms with Gasteiger partial charge in [0.25, 0.3) is 5.91 Å². The minimum absolute atomic E-state index is 0.0519. The van der Waals surface area contributed by atoms with Crippen LogP contribution in [0.5, 0.6) is 0 Å². The Balaban J connectivity index is 1.68. The molecular weight excluding hydrogens is 393 g/mol. The fourth-order valence-corrected chi connectivity index (χ4v) is 4.59. The predicted octanol–water partition coefficient (Wildman–Crippen LogP) is 5.70. The molecule has 1 aromatic heterocycles. The lowest BCUT2D eigenvalue weighted by Crippen LogP contribution is -2.32. The second-order valence-electron chi connectivity index (χ2n) is 6.87. The van der Waals surface area contributed by atoms with Crippen LogP contribution in [0.2, 0.25) is 0 Å². The summed E-state index contributed by atoms with van der Waals surface area (Å²) < 4.78 is 14.3. The summed E-state index contributed by atoms with van der Waals surface area (Å²) in [5.41, 5.74) is 4.35. The van der Waals surface area contributed by atoms with Gasteiger partial charge in [0.15, 0.2) is 5.17 Å². The van der Waals surface area contributed by atoms with Gasteiger partial charge < -0.3 is 0 Å². The van der Waals surface area contributed by atoms with E-state index in [2.05, 4.69) is 23.8 Å². The van der Waals surface area contributed by atoms with Gasteiger partial charge in [-0.1, -0.05) is 19.9 Å². The van der Waals surface area contributed by atoms with Crippen molar-refractivity contribution in [3.8, 4) is 0 Å². The second-order valence-corrected chi connectivity index (χ2v) is 8.77. The van der Waals surface area contributed by atoms with Gasteiger partial charge in [0.2, 0.25) is 0 Å². The molecule has 0 radical (unpaired) electrons. The number of thioether (sulfide) groups is 1. The highest BCUT2D eigenvalue weighted by molar-refractivity contribution is 8.18. The third-order valence-electron chi connectivity index (χ3n) is 4.14. The Morgan fingerprint density at radius 1 is 1.21 bits per heavy atom. The van der Waals surface area contributed by atoms with Crippen LogP contribution in [0.25, 0.3) is 16.3 Å². The van der Waals surface area contributed by atoms with Crippen LogP contribution in [0.3, 0.4) is 0 Å². The summed E-state index contributed by atoms with van der Waals surface area (Å²) in [6.45, 7) is 4.71. The van der Waals surface area contributed by atoms with Crippen LogP contribution in [0.15, 0.2) is 57.9 Å². The van der Waals surface area contributed by atoms with Crippen molar-refractivity contribution in [1.82, 2.24) is 9.88 Å². The summed E-state index contributed by atoms with van der Waals surface area (Å²) in [4.78, 5) is 24.2. The minimum atomic E-state index is -0.308. The number of carbonyl (C=O) groups excluding carboxylic acids is 1. The zero-order valence-electron chi connectivity index (χ0n) is 15.4. The number of rotatable bonds is 4. The van der Waals surface area contributed by atoms with E-state index in [4.69, 9.17) is 0 Å². The number of aliphatic imine (C=N–C) groups is 1. The molecule has 2 aromatic carbocycles. The summed E-state index contributed by atoms with van der Waals surface area (Å²) in [6, 6.07) is 11.9. The van der Waals surface area contributed by atoms with Gasteiger partial charge >= 0.3 is 0 Å². The fourth-order valence-electron chi connectivity index (χ4n) is 2.86. The highest BCUT2D eigenvalue weighted by Crippen LogP contribution is 2.35. The van der Waals surface area contributed by atoms with Crippen molar-refractivity contribution >= 4 is 56.2 Å². The smallest absolute Gasteiger partial charge is 0.266 e. The average molecular weight is 412 g/mol. The number of hydrogen-bond acceptors (Lipinski definition) is 5. The van der Waals surface area contributed by atoms with E-state index in [9.17, 15) is 9.18 Å². The number of nitrogens with zero attached hydrogens (tertiary/aromatic N) is 3. The van der Waals surface area contributed by atoms with E-state index in [0.717, 1.165) is 15.8 Å². The topological polar surface area (TPSA) is 45.6 Å². The summed E-state index contributed by atoms with van der Waals surface area (Å²) >= 11 is 2.93. The van der Waals surface area contributed by atoms with Crippen molar-refractivity contribution in [2.24, 2.45) is 10.9 Å². The van der Waals surface area contributed by atoms with E-state index in [-0.39, 0.29) is 11.7 Å². The molecule has 4 rings (SSSR count). The predicted molar refractivity (Wildman–Crippen MR) is 115 cm³/mol. The Hall–Kier alpha value is -2.51. The number of carbonyl (C=O) groups is 1. The Morgan fingerprint density at radius 3 is 2.75 bits per heavy atom. The van der Waals surface area contributed by atoms with Gasteiger partial charge in [0, 0.05) is 6.54 Å². The van der Waals surface area contributed by atoms with Gasteiger partial charge in [-0.05, 0) is 65.7 Å². The fraction of sp³-hybridized carbons (Fsp3) is 0.190. The first-order valence-corrected chi connectivity index (χ1v) is 10.6. The lowest BCUT2D eigenvalue weighted by atomic mass is 10.2. The van der Waals surface area contributed by atoms with Crippen molar-refractivity contribution < 1.29 is 9.18 Å². The molecule has 0 N–H and O–H groups in total. The molecule has 0 atom stereocenters. The van der Waals surface area contributed by atoms with Crippen molar-refractivity contribution in [2.75, 3.05) is 6.54 Å². The summed E-state index contributed by atoms with van der Waals surface area (Å²) in [5.74, 6) is -0.0583. The molecule has 0 spiro atoms. The number of fused-ring (bicyclic) bond motifs is 1. The lowest BCUT2D eigenvalue weighted by Gasteiger charge is -2.17. The molecular formula is C21H18FN3OS2. The lowest BCUT2D eigenvalue weighted by molar-refractivity contribution is -0.122. The van der Waals surface area contributed by atoms with E-state index in [0.29, 0.717) is 28.2 Å². The number of thiazole rings is 1. The van der Waals surface area contributed by atoms with Crippen LogP contribution in [0.1, 0.15) is 19.4 Å². The zero-order valence-corrected chi connectivity index (χ0v) is 17.1. The number of aromatic nitrogens is 1. The van der Waals surface area contributed by atoms with E-state index in [1.807, 2.05) is 29.8 Å². The molecule has 28 heavy (non-hydrogen) atoms.